The minimum atomic E-state index is -0.916. The molecule has 0 spiro atoms. The Morgan fingerprint density at radius 2 is 1.58 bits per heavy atom. The summed E-state index contributed by atoms with van der Waals surface area (Å²) in [5.74, 6) is -1.58. The summed E-state index contributed by atoms with van der Waals surface area (Å²) in [6, 6.07) is 19.1. The molecule has 1 amide bonds. The predicted octanol–water partition coefficient (Wildman–Crippen LogP) is 3.85. The van der Waals surface area contributed by atoms with E-state index in [2.05, 4.69) is 10.3 Å². The summed E-state index contributed by atoms with van der Waals surface area (Å²) in [5, 5.41) is 12.2. The average Bonchev–Trinajstić information content (AvgIpc) is 2.95. The molecule has 2 aromatic carbocycles. The Bertz CT molecular complexity index is 868. The first-order chi connectivity index (χ1) is 12.5. The molecule has 0 atom stereocenters. The molecule has 0 saturated heterocycles. The van der Waals surface area contributed by atoms with Crippen molar-refractivity contribution in [3.63, 3.8) is 0 Å². The Hall–Kier alpha value is -2.99. The third-order valence-corrected chi connectivity index (χ3v) is 5.04. The number of aromatic nitrogens is 1. The van der Waals surface area contributed by atoms with Crippen LogP contribution < -0.4 is 5.32 Å². The van der Waals surface area contributed by atoms with Crippen LogP contribution in [0, 0.1) is 6.92 Å². The van der Waals surface area contributed by atoms with E-state index < -0.39 is 11.9 Å². The number of rotatable bonds is 6. The molecule has 3 aromatic rings. The first-order valence-electron chi connectivity index (χ1n) is 8.13. The molecule has 0 unspecified atom stereocenters. The van der Waals surface area contributed by atoms with E-state index in [-0.39, 0.29) is 12.3 Å². The van der Waals surface area contributed by atoms with Gasteiger partial charge < -0.3 is 10.4 Å². The second kappa shape index (κ2) is 7.93. The SMILES string of the molecule is Cc1nc(NC(=O)C(c2ccccc2)c2ccccc2)sc1CC(=O)O. The van der Waals surface area contributed by atoms with Crippen LogP contribution in [0.2, 0.25) is 0 Å². The summed E-state index contributed by atoms with van der Waals surface area (Å²) in [5.41, 5.74) is 2.40. The molecule has 0 aliphatic carbocycles. The van der Waals surface area contributed by atoms with E-state index in [1.807, 2.05) is 60.7 Å². The van der Waals surface area contributed by atoms with E-state index in [0.29, 0.717) is 15.7 Å². The van der Waals surface area contributed by atoms with Gasteiger partial charge in [0.15, 0.2) is 5.13 Å². The highest BCUT2D eigenvalue weighted by Gasteiger charge is 2.24. The fraction of sp³-hybridized carbons (Fsp3) is 0.150. The Morgan fingerprint density at radius 3 is 2.08 bits per heavy atom. The van der Waals surface area contributed by atoms with Crippen LogP contribution >= 0.6 is 11.3 Å². The number of nitrogens with zero attached hydrogens (tertiary/aromatic N) is 1. The maximum atomic E-state index is 13.0. The molecule has 0 bridgehead atoms. The number of carboxylic acids is 1. The van der Waals surface area contributed by atoms with Crippen LogP contribution in [0.1, 0.15) is 27.6 Å². The van der Waals surface area contributed by atoms with Gasteiger partial charge in [0, 0.05) is 4.88 Å². The van der Waals surface area contributed by atoms with Crippen molar-refractivity contribution in [2.24, 2.45) is 0 Å². The molecule has 1 heterocycles. The number of aryl methyl sites for hydroxylation is 1. The van der Waals surface area contributed by atoms with Crippen molar-refractivity contribution in [3.05, 3.63) is 82.4 Å². The van der Waals surface area contributed by atoms with Gasteiger partial charge in [-0.2, -0.15) is 0 Å². The molecule has 132 valence electrons. The smallest absolute Gasteiger partial charge is 0.308 e. The van der Waals surface area contributed by atoms with Crippen LogP contribution in [0.15, 0.2) is 60.7 Å². The number of carbonyl (C=O) groups is 2. The minimum absolute atomic E-state index is 0.0971. The number of benzene rings is 2. The monoisotopic (exact) mass is 366 g/mol. The fourth-order valence-electron chi connectivity index (χ4n) is 2.75. The first kappa shape index (κ1) is 17.8. The Balaban J connectivity index is 1.88. The van der Waals surface area contributed by atoms with Crippen molar-refractivity contribution < 1.29 is 14.7 Å². The molecule has 2 N–H and O–H groups in total. The van der Waals surface area contributed by atoms with Crippen molar-refractivity contribution in [3.8, 4) is 0 Å². The van der Waals surface area contributed by atoms with Crippen molar-refractivity contribution in [1.29, 1.82) is 0 Å². The second-order valence-electron chi connectivity index (χ2n) is 5.84. The molecule has 0 radical (unpaired) electrons. The zero-order chi connectivity index (χ0) is 18.5. The Labute approximate surface area is 155 Å². The number of hydrogen-bond acceptors (Lipinski definition) is 4. The zero-order valence-electron chi connectivity index (χ0n) is 14.2. The van der Waals surface area contributed by atoms with E-state index in [4.69, 9.17) is 5.11 Å². The van der Waals surface area contributed by atoms with Gasteiger partial charge in [-0.1, -0.05) is 60.7 Å². The number of hydrogen-bond donors (Lipinski definition) is 2. The lowest BCUT2D eigenvalue weighted by atomic mass is 9.90. The van der Waals surface area contributed by atoms with Crippen molar-refractivity contribution in [2.45, 2.75) is 19.3 Å². The van der Waals surface area contributed by atoms with Gasteiger partial charge >= 0.3 is 5.97 Å². The number of carbonyl (C=O) groups excluding carboxylic acids is 1. The lowest BCUT2D eigenvalue weighted by Crippen LogP contribution is -2.22. The van der Waals surface area contributed by atoms with Gasteiger partial charge in [0.05, 0.1) is 18.0 Å². The number of amides is 1. The highest BCUT2D eigenvalue weighted by atomic mass is 32.1. The van der Waals surface area contributed by atoms with Crippen LogP contribution in [0.4, 0.5) is 5.13 Å². The maximum Gasteiger partial charge on any atom is 0.308 e. The van der Waals surface area contributed by atoms with Crippen molar-refractivity contribution >= 4 is 28.3 Å². The lowest BCUT2D eigenvalue weighted by molar-refractivity contribution is -0.136. The molecule has 1 aromatic heterocycles. The van der Waals surface area contributed by atoms with Gasteiger partial charge in [0.25, 0.3) is 0 Å². The standard InChI is InChI=1S/C20H18N2O3S/c1-13-16(12-17(23)24)26-20(21-13)22-19(25)18(14-8-4-2-5-9-14)15-10-6-3-7-11-15/h2-11,18H,12H2,1H3,(H,23,24)(H,21,22,25). The molecule has 0 saturated carbocycles. The van der Waals surface area contributed by atoms with Crippen LogP contribution in [0.5, 0.6) is 0 Å². The molecule has 6 heteroatoms. The van der Waals surface area contributed by atoms with E-state index in [9.17, 15) is 9.59 Å². The van der Waals surface area contributed by atoms with Crippen molar-refractivity contribution in [1.82, 2.24) is 4.98 Å². The van der Waals surface area contributed by atoms with Gasteiger partial charge in [-0.25, -0.2) is 4.98 Å². The molecular formula is C20H18N2O3S. The van der Waals surface area contributed by atoms with Crippen LogP contribution in [-0.2, 0) is 16.0 Å². The number of thiazole rings is 1. The highest BCUT2D eigenvalue weighted by Crippen LogP contribution is 2.28. The molecule has 3 rings (SSSR count). The normalized spacial score (nSPS) is 10.7. The van der Waals surface area contributed by atoms with E-state index in [1.54, 1.807) is 6.92 Å². The summed E-state index contributed by atoms with van der Waals surface area (Å²) < 4.78 is 0. The van der Waals surface area contributed by atoms with Gasteiger partial charge in [-0.3, -0.25) is 9.59 Å². The van der Waals surface area contributed by atoms with Crippen LogP contribution in [0.3, 0.4) is 0 Å². The second-order valence-corrected chi connectivity index (χ2v) is 6.93. The van der Waals surface area contributed by atoms with E-state index in [1.165, 1.54) is 11.3 Å². The summed E-state index contributed by atoms with van der Waals surface area (Å²) in [6.45, 7) is 1.75. The third-order valence-electron chi connectivity index (χ3n) is 3.96. The van der Waals surface area contributed by atoms with Crippen molar-refractivity contribution in [2.75, 3.05) is 5.32 Å². The fourth-order valence-corrected chi connectivity index (χ4v) is 3.70. The molecule has 26 heavy (non-hydrogen) atoms. The van der Waals surface area contributed by atoms with Crippen LogP contribution in [0.25, 0.3) is 0 Å². The van der Waals surface area contributed by atoms with Gasteiger partial charge in [0.1, 0.15) is 0 Å². The lowest BCUT2D eigenvalue weighted by Gasteiger charge is -2.17. The maximum absolute atomic E-state index is 13.0. The van der Waals surface area contributed by atoms with Gasteiger partial charge in [0.2, 0.25) is 5.91 Å². The zero-order valence-corrected chi connectivity index (χ0v) is 15.0. The number of aliphatic carboxylic acids is 1. The van der Waals surface area contributed by atoms with E-state index in [0.717, 1.165) is 11.1 Å². The van der Waals surface area contributed by atoms with Gasteiger partial charge in [-0.05, 0) is 18.1 Å². The molecular weight excluding hydrogens is 348 g/mol. The molecule has 0 aliphatic rings. The molecule has 5 nitrogen and oxygen atoms in total. The third kappa shape index (κ3) is 4.15. The Kier molecular flexibility index (Phi) is 5.43. The number of nitrogens with one attached hydrogen (secondary N) is 1. The first-order valence-corrected chi connectivity index (χ1v) is 8.95. The van der Waals surface area contributed by atoms with E-state index >= 15 is 0 Å². The van der Waals surface area contributed by atoms with Crippen LogP contribution in [-0.4, -0.2) is 22.0 Å². The van der Waals surface area contributed by atoms with Gasteiger partial charge in [-0.15, -0.1) is 11.3 Å². The molecule has 0 fully saturated rings. The minimum Gasteiger partial charge on any atom is -0.481 e. The Morgan fingerprint density at radius 1 is 1.04 bits per heavy atom. The quantitative estimate of drug-likeness (QED) is 0.694. The summed E-state index contributed by atoms with van der Waals surface area (Å²) in [7, 11) is 0. The highest BCUT2D eigenvalue weighted by molar-refractivity contribution is 7.16. The number of carboxylic acid groups (broad SMARTS) is 1. The number of anilines is 1. The predicted molar refractivity (Wildman–Crippen MR) is 102 cm³/mol. The summed E-state index contributed by atoms with van der Waals surface area (Å²) >= 11 is 1.20. The summed E-state index contributed by atoms with van der Waals surface area (Å²) in [6.07, 6.45) is -0.0971. The summed E-state index contributed by atoms with van der Waals surface area (Å²) in [4.78, 5) is 28.9. The topological polar surface area (TPSA) is 79.3 Å². The molecule has 0 aliphatic heterocycles. The average molecular weight is 366 g/mol. The largest absolute Gasteiger partial charge is 0.481 e.